The zero-order chi connectivity index (χ0) is 12.5. The normalized spacial score (nSPS) is 17.4. The van der Waals surface area contributed by atoms with Gasteiger partial charge in [0.05, 0.1) is 0 Å². The molecule has 0 radical (unpaired) electrons. The first kappa shape index (κ1) is 14.5. The van der Waals surface area contributed by atoms with Crippen LogP contribution in [0.25, 0.3) is 0 Å². The van der Waals surface area contributed by atoms with Gasteiger partial charge in [-0.05, 0) is 25.9 Å². The van der Waals surface area contributed by atoms with Gasteiger partial charge in [-0.15, -0.1) is 0 Å². The fourth-order valence-corrected chi connectivity index (χ4v) is 2.10. The molecule has 0 aromatic rings. The second-order valence-corrected chi connectivity index (χ2v) is 5.11. The van der Waals surface area contributed by atoms with Crippen molar-refractivity contribution in [3.63, 3.8) is 0 Å². The van der Waals surface area contributed by atoms with E-state index in [0.29, 0.717) is 12.5 Å². The van der Waals surface area contributed by atoms with Crippen molar-refractivity contribution >= 4 is 5.91 Å². The van der Waals surface area contributed by atoms with E-state index in [2.05, 4.69) is 29.4 Å². The van der Waals surface area contributed by atoms with Crippen molar-refractivity contribution in [1.29, 1.82) is 0 Å². The lowest BCUT2D eigenvalue weighted by Crippen LogP contribution is -2.38. The van der Waals surface area contributed by atoms with Gasteiger partial charge in [-0.2, -0.15) is 0 Å². The van der Waals surface area contributed by atoms with Crippen LogP contribution in [0, 0.1) is 0 Å². The quantitative estimate of drug-likeness (QED) is 0.698. The predicted molar refractivity (Wildman–Crippen MR) is 71.1 cm³/mol. The number of hydrogen-bond donors (Lipinski definition) is 2. The first-order valence-electron chi connectivity index (χ1n) is 6.91. The van der Waals surface area contributed by atoms with Gasteiger partial charge in [0.1, 0.15) is 0 Å². The molecule has 0 aromatic heterocycles. The van der Waals surface area contributed by atoms with Crippen LogP contribution in [0.15, 0.2) is 0 Å². The Kier molecular flexibility index (Phi) is 7.21. The zero-order valence-corrected chi connectivity index (χ0v) is 11.3. The number of hydrogen-bond acceptors (Lipinski definition) is 3. The van der Waals surface area contributed by atoms with Gasteiger partial charge in [0.15, 0.2) is 0 Å². The Balaban J connectivity index is 1.95. The Morgan fingerprint density at radius 2 is 1.88 bits per heavy atom. The van der Waals surface area contributed by atoms with E-state index in [-0.39, 0.29) is 5.91 Å². The molecule has 0 aromatic carbocycles. The summed E-state index contributed by atoms with van der Waals surface area (Å²) in [6.45, 7) is 9.15. The number of carbonyl (C=O) groups is 1. The molecule has 0 saturated carbocycles. The SMILES string of the molecule is CC(C)NCCC(=O)NCCN1CCCCC1. The minimum atomic E-state index is 0.162. The number of amides is 1. The number of carbonyl (C=O) groups excluding carboxylic acids is 1. The van der Waals surface area contributed by atoms with Gasteiger partial charge in [0.25, 0.3) is 0 Å². The van der Waals surface area contributed by atoms with E-state index < -0.39 is 0 Å². The predicted octanol–water partition coefficient (Wildman–Crippen LogP) is 0.977. The summed E-state index contributed by atoms with van der Waals surface area (Å²) >= 11 is 0. The molecule has 1 saturated heterocycles. The lowest BCUT2D eigenvalue weighted by Gasteiger charge is -2.26. The van der Waals surface area contributed by atoms with Gasteiger partial charge in [-0.3, -0.25) is 4.79 Å². The van der Waals surface area contributed by atoms with Crippen molar-refractivity contribution in [2.24, 2.45) is 0 Å². The van der Waals surface area contributed by atoms with Crippen LogP contribution in [0.5, 0.6) is 0 Å². The molecule has 0 spiro atoms. The number of piperidine rings is 1. The van der Waals surface area contributed by atoms with Crippen LogP contribution < -0.4 is 10.6 Å². The van der Waals surface area contributed by atoms with Gasteiger partial charge >= 0.3 is 0 Å². The first-order valence-corrected chi connectivity index (χ1v) is 6.91. The van der Waals surface area contributed by atoms with E-state index in [1.165, 1.54) is 32.4 Å². The fraction of sp³-hybridized carbons (Fsp3) is 0.923. The van der Waals surface area contributed by atoms with E-state index in [1.807, 2.05) is 0 Å². The van der Waals surface area contributed by atoms with E-state index in [0.717, 1.165) is 19.6 Å². The molecule has 0 aliphatic carbocycles. The summed E-state index contributed by atoms with van der Waals surface area (Å²) in [6.07, 6.45) is 4.57. The molecule has 4 heteroatoms. The molecule has 17 heavy (non-hydrogen) atoms. The number of likely N-dealkylation sites (tertiary alicyclic amines) is 1. The summed E-state index contributed by atoms with van der Waals surface area (Å²) in [5.74, 6) is 0.162. The maximum Gasteiger partial charge on any atom is 0.221 e. The van der Waals surface area contributed by atoms with Gasteiger partial charge in [0, 0.05) is 32.1 Å². The summed E-state index contributed by atoms with van der Waals surface area (Å²) < 4.78 is 0. The molecule has 1 amide bonds. The highest BCUT2D eigenvalue weighted by atomic mass is 16.1. The Labute approximate surface area is 105 Å². The van der Waals surface area contributed by atoms with Gasteiger partial charge in [0.2, 0.25) is 5.91 Å². The van der Waals surface area contributed by atoms with Crippen molar-refractivity contribution in [2.75, 3.05) is 32.7 Å². The van der Waals surface area contributed by atoms with Gasteiger partial charge in [-0.25, -0.2) is 0 Å². The van der Waals surface area contributed by atoms with Crippen LogP contribution in [0.2, 0.25) is 0 Å². The minimum absolute atomic E-state index is 0.162. The molecule has 1 heterocycles. The van der Waals surface area contributed by atoms with E-state index >= 15 is 0 Å². The lowest BCUT2D eigenvalue weighted by atomic mass is 10.1. The Hall–Kier alpha value is -0.610. The van der Waals surface area contributed by atoms with Crippen LogP contribution in [-0.2, 0) is 4.79 Å². The third-order valence-electron chi connectivity index (χ3n) is 3.10. The summed E-state index contributed by atoms with van der Waals surface area (Å²) in [5.41, 5.74) is 0. The van der Waals surface area contributed by atoms with Crippen molar-refractivity contribution in [3.05, 3.63) is 0 Å². The smallest absolute Gasteiger partial charge is 0.221 e. The van der Waals surface area contributed by atoms with Crippen molar-refractivity contribution < 1.29 is 4.79 Å². The van der Waals surface area contributed by atoms with Crippen LogP contribution >= 0.6 is 0 Å². The number of nitrogens with one attached hydrogen (secondary N) is 2. The van der Waals surface area contributed by atoms with Crippen LogP contribution in [-0.4, -0.2) is 49.6 Å². The molecule has 1 aliphatic heterocycles. The van der Waals surface area contributed by atoms with Crippen LogP contribution in [0.4, 0.5) is 0 Å². The fourth-order valence-electron chi connectivity index (χ4n) is 2.10. The Morgan fingerprint density at radius 3 is 2.53 bits per heavy atom. The van der Waals surface area contributed by atoms with E-state index in [9.17, 15) is 4.79 Å². The third kappa shape index (κ3) is 7.34. The summed E-state index contributed by atoms with van der Waals surface area (Å²) in [4.78, 5) is 13.9. The zero-order valence-electron chi connectivity index (χ0n) is 11.3. The second-order valence-electron chi connectivity index (χ2n) is 5.11. The molecular formula is C13H27N3O. The Morgan fingerprint density at radius 1 is 1.18 bits per heavy atom. The monoisotopic (exact) mass is 241 g/mol. The third-order valence-corrected chi connectivity index (χ3v) is 3.10. The topological polar surface area (TPSA) is 44.4 Å². The second kappa shape index (κ2) is 8.48. The summed E-state index contributed by atoms with van der Waals surface area (Å²) in [6, 6.07) is 0.455. The molecule has 0 atom stereocenters. The summed E-state index contributed by atoms with van der Waals surface area (Å²) in [5, 5.41) is 6.23. The molecule has 0 unspecified atom stereocenters. The number of nitrogens with zero attached hydrogens (tertiary/aromatic N) is 1. The van der Waals surface area contributed by atoms with E-state index in [1.54, 1.807) is 0 Å². The molecule has 1 aliphatic rings. The van der Waals surface area contributed by atoms with E-state index in [4.69, 9.17) is 0 Å². The molecule has 100 valence electrons. The molecule has 1 rings (SSSR count). The van der Waals surface area contributed by atoms with Crippen LogP contribution in [0.3, 0.4) is 0 Å². The largest absolute Gasteiger partial charge is 0.355 e. The maximum atomic E-state index is 11.5. The lowest BCUT2D eigenvalue weighted by molar-refractivity contribution is -0.121. The average Bonchev–Trinajstić information content (AvgIpc) is 2.30. The van der Waals surface area contributed by atoms with Crippen LogP contribution in [0.1, 0.15) is 39.5 Å². The maximum absolute atomic E-state index is 11.5. The Bertz CT molecular complexity index is 213. The minimum Gasteiger partial charge on any atom is -0.355 e. The highest BCUT2D eigenvalue weighted by molar-refractivity contribution is 5.76. The number of rotatable bonds is 7. The highest BCUT2D eigenvalue weighted by Gasteiger charge is 2.09. The highest BCUT2D eigenvalue weighted by Crippen LogP contribution is 2.07. The molecule has 1 fully saturated rings. The first-order chi connectivity index (χ1) is 8.18. The van der Waals surface area contributed by atoms with Crippen molar-refractivity contribution in [2.45, 2.75) is 45.6 Å². The van der Waals surface area contributed by atoms with Gasteiger partial charge in [-0.1, -0.05) is 20.3 Å². The van der Waals surface area contributed by atoms with Crippen molar-refractivity contribution in [3.8, 4) is 0 Å². The summed E-state index contributed by atoms with van der Waals surface area (Å²) in [7, 11) is 0. The molecular weight excluding hydrogens is 214 g/mol. The van der Waals surface area contributed by atoms with Crippen molar-refractivity contribution in [1.82, 2.24) is 15.5 Å². The standard InChI is InChI=1S/C13H27N3O/c1-12(2)14-7-6-13(17)15-8-11-16-9-4-3-5-10-16/h12,14H,3-11H2,1-2H3,(H,15,17). The molecule has 2 N–H and O–H groups in total. The molecule has 4 nitrogen and oxygen atoms in total. The van der Waals surface area contributed by atoms with Gasteiger partial charge < -0.3 is 15.5 Å². The average molecular weight is 241 g/mol. The molecule has 0 bridgehead atoms.